The van der Waals surface area contributed by atoms with Gasteiger partial charge in [-0.3, -0.25) is 4.98 Å². The summed E-state index contributed by atoms with van der Waals surface area (Å²) in [5.74, 6) is 0. The molecule has 0 N–H and O–H groups in total. The third-order valence-electron chi connectivity index (χ3n) is 3.01. The molecule has 0 unspecified atom stereocenters. The van der Waals surface area contributed by atoms with Gasteiger partial charge in [0, 0.05) is 32.1 Å². The molecule has 0 amide bonds. The molecule has 0 bridgehead atoms. The zero-order valence-corrected chi connectivity index (χ0v) is 11.1. The van der Waals surface area contributed by atoms with Crippen molar-refractivity contribution in [2.75, 3.05) is 19.0 Å². The normalized spacial score (nSPS) is 10.9. The van der Waals surface area contributed by atoms with E-state index in [4.69, 9.17) is 4.52 Å². The van der Waals surface area contributed by atoms with Crippen LogP contribution < -0.4 is 4.90 Å². The Bertz CT molecular complexity index is 719. The highest BCUT2D eigenvalue weighted by atomic mass is 16.5. The van der Waals surface area contributed by atoms with Crippen molar-refractivity contribution in [2.24, 2.45) is 0 Å². The molecule has 0 saturated carbocycles. The van der Waals surface area contributed by atoms with E-state index in [2.05, 4.69) is 15.1 Å². The average molecular weight is 254 g/mol. The molecule has 3 aromatic rings. The number of aromatic nitrogens is 3. The number of aryl methyl sites for hydroxylation is 1. The quantitative estimate of drug-likeness (QED) is 0.703. The molecule has 0 aromatic carbocycles. The molecule has 0 aliphatic heterocycles. The predicted molar refractivity (Wildman–Crippen MR) is 74.1 cm³/mol. The van der Waals surface area contributed by atoms with Crippen molar-refractivity contribution in [3.63, 3.8) is 0 Å². The summed E-state index contributed by atoms with van der Waals surface area (Å²) in [6, 6.07) is 5.88. The monoisotopic (exact) mass is 254 g/mol. The molecular formula is C14H14N4O. The van der Waals surface area contributed by atoms with Gasteiger partial charge in [-0.2, -0.15) is 0 Å². The van der Waals surface area contributed by atoms with E-state index in [0.29, 0.717) is 0 Å². The highest BCUT2D eigenvalue weighted by Gasteiger charge is 2.15. The minimum Gasteiger partial charge on any atom is -0.374 e. The maximum atomic E-state index is 5.36. The van der Waals surface area contributed by atoms with Gasteiger partial charge < -0.3 is 9.42 Å². The van der Waals surface area contributed by atoms with E-state index in [1.165, 1.54) is 0 Å². The lowest BCUT2D eigenvalue weighted by Crippen LogP contribution is -2.09. The SMILES string of the molecule is Cc1noc2c(N(C)C)cc(-c3cccnc3)nc12. The van der Waals surface area contributed by atoms with E-state index in [-0.39, 0.29) is 0 Å². The van der Waals surface area contributed by atoms with Crippen LogP contribution in [-0.2, 0) is 0 Å². The zero-order chi connectivity index (χ0) is 13.4. The molecule has 96 valence electrons. The van der Waals surface area contributed by atoms with Crippen LogP contribution in [0.1, 0.15) is 5.69 Å². The minimum atomic E-state index is 0.718. The third kappa shape index (κ3) is 1.93. The van der Waals surface area contributed by atoms with Gasteiger partial charge in [-0.15, -0.1) is 0 Å². The van der Waals surface area contributed by atoms with Crippen LogP contribution in [0, 0.1) is 6.92 Å². The summed E-state index contributed by atoms with van der Waals surface area (Å²) in [6.07, 6.45) is 3.55. The number of pyridine rings is 2. The van der Waals surface area contributed by atoms with Gasteiger partial charge in [-0.05, 0) is 25.1 Å². The molecule has 3 heterocycles. The summed E-state index contributed by atoms with van der Waals surface area (Å²) in [6.45, 7) is 1.89. The van der Waals surface area contributed by atoms with Crippen LogP contribution in [0.3, 0.4) is 0 Å². The summed E-state index contributed by atoms with van der Waals surface area (Å²) in [5, 5.41) is 3.99. The highest BCUT2D eigenvalue weighted by Crippen LogP contribution is 2.30. The van der Waals surface area contributed by atoms with Crippen molar-refractivity contribution < 1.29 is 4.52 Å². The molecule has 0 atom stereocenters. The van der Waals surface area contributed by atoms with Gasteiger partial charge in [0.15, 0.2) is 0 Å². The molecule has 19 heavy (non-hydrogen) atoms. The number of hydrogen-bond acceptors (Lipinski definition) is 5. The summed E-state index contributed by atoms with van der Waals surface area (Å²) >= 11 is 0. The van der Waals surface area contributed by atoms with Gasteiger partial charge in [-0.25, -0.2) is 4.98 Å². The van der Waals surface area contributed by atoms with Crippen LogP contribution in [0.4, 0.5) is 5.69 Å². The van der Waals surface area contributed by atoms with Crippen LogP contribution in [0.25, 0.3) is 22.4 Å². The molecule has 0 aliphatic carbocycles. The van der Waals surface area contributed by atoms with Crippen LogP contribution >= 0.6 is 0 Å². The Morgan fingerprint density at radius 3 is 2.79 bits per heavy atom. The van der Waals surface area contributed by atoms with Gasteiger partial charge >= 0.3 is 0 Å². The molecule has 0 saturated heterocycles. The van der Waals surface area contributed by atoms with Crippen molar-refractivity contribution in [1.29, 1.82) is 0 Å². The molecule has 0 spiro atoms. The van der Waals surface area contributed by atoms with Crippen LogP contribution in [-0.4, -0.2) is 29.2 Å². The molecule has 0 radical (unpaired) electrons. The Hall–Kier alpha value is -2.43. The standard InChI is InChI=1S/C14H14N4O/c1-9-13-14(19-17-9)12(18(2)3)7-11(16-13)10-5-4-6-15-8-10/h4-8H,1-3H3. The second-order valence-electron chi connectivity index (χ2n) is 4.61. The Morgan fingerprint density at radius 2 is 2.11 bits per heavy atom. The van der Waals surface area contributed by atoms with E-state index in [9.17, 15) is 0 Å². The molecular weight excluding hydrogens is 240 g/mol. The van der Waals surface area contributed by atoms with Crippen molar-refractivity contribution >= 4 is 16.8 Å². The number of anilines is 1. The summed E-state index contributed by atoms with van der Waals surface area (Å²) in [7, 11) is 3.94. The lowest BCUT2D eigenvalue weighted by molar-refractivity contribution is 0.450. The average Bonchev–Trinajstić information content (AvgIpc) is 2.80. The van der Waals surface area contributed by atoms with E-state index < -0.39 is 0 Å². The van der Waals surface area contributed by atoms with Gasteiger partial charge in [0.25, 0.3) is 0 Å². The number of hydrogen-bond donors (Lipinski definition) is 0. The fourth-order valence-electron chi connectivity index (χ4n) is 2.01. The first-order valence-electron chi connectivity index (χ1n) is 6.01. The Kier molecular flexibility index (Phi) is 2.67. The molecule has 3 rings (SSSR count). The number of nitrogens with zero attached hydrogens (tertiary/aromatic N) is 4. The molecule has 0 aliphatic rings. The second kappa shape index (κ2) is 4.35. The molecule has 5 nitrogen and oxygen atoms in total. The third-order valence-corrected chi connectivity index (χ3v) is 3.01. The summed E-state index contributed by atoms with van der Waals surface area (Å²) in [5.41, 5.74) is 5.12. The first kappa shape index (κ1) is 11.6. The Balaban J connectivity index is 2.30. The lowest BCUT2D eigenvalue weighted by Gasteiger charge is -2.13. The smallest absolute Gasteiger partial charge is 0.208 e. The van der Waals surface area contributed by atoms with Crippen molar-refractivity contribution in [1.82, 2.24) is 15.1 Å². The van der Waals surface area contributed by atoms with E-state index in [1.54, 1.807) is 12.4 Å². The van der Waals surface area contributed by atoms with Gasteiger partial charge in [-0.1, -0.05) is 5.16 Å². The Morgan fingerprint density at radius 1 is 1.26 bits per heavy atom. The Labute approximate surface area is 110 Å². The zero-order valence-electron chi connectivity index (χ0n) is 11.1. The maximum absolute atomic E-state index is 5.36. The van der Waals surface area contributed by atoms with Crippen LogP contribution in [0.2, 0.25) is 0 Å². The van der Waals surface area contributed by atoms with Gasteiger partial charge in [0.1, 0.15) is 11.2 Å². The highest BCUT2D eigenvalue weighted by molar-refractivity contribution is 5.90. The predicted octanol–water partition coefficient (Wildman–Crippen LogP) is 2.66. The lowest BCUT2D eigenvalue weighted by atomic mass is 10.1. The topological polar surface area (TPSA) is 55.1 Å². The van der Waals surface area contributed by atoms with Crippen molar-refractivity contribution in [3.8, 4) is 11.3 Å². The van der Waals surface area contributed by atoms with E-state index in [1.807, 2.05) is 44.1 Å². The van der Waals surface area contributed by atoms with Crippen molar-refractivity contribution in [2.45, 2.75) is 6.92 Å². The fourth-order valence-corrected chi connectivity index (χ4v) is 2.01. The van der Waals surface area contributed by atoms with Crippen LogP contribution in [0.5, 0.6) is 0 Å². The van der Waals surface area contributed by atoms with Crippen molar-refractivity contribution in [3.05, 3.63) is 36.3 Å². The molecule has 0 fully saturated rings. The summed E-state index contributed by atoms with van der Waals surface area (Å²) < 4.78 is 5.36. The maximum Gasteiger partial charge on any atom is 0.208 e. The molecule has 3 aromatic heterocycles. The van der Waals surface area contributed by atoms with E-state index in [0.717, 1.165) is 33.7 Å². The molecule has 5 heteroatoms. The fraction of sp³-hybridized carbons (Fsp3) is 0.214. The van der Waals surface area contributed by atoms with Crippen LogP contribution in [0.15, 0.2) is 35.1 Å². The minimum absolute atomic E-state index is 0.718. The van der Waals surface area contributed by atoms with Gasteiger partial charge in [0.05, 0.1) is 11.4 Å². The second-order valence-corrected chi connectivity index (χ2v) is 4.61. The number of rotatable bonds is 2. The largest absolute Gasteiger partial charge is 0.374 e. The summed E-state index contributed by atoms with van der Waals surface area (Å²) in [4.78, 5) is 10.8. The first-order chi connectivity index (χ1) is 9.16. The number of fused-ring (bicyclic) bond motifs is 1. The van der Waals surface area contributed by atoms with E-state index >= 15 is 0 Å². The van der Waals surface area contributed by atoms with Gasteiger partial charge in [0.2, 0.25) is 5.58 Å². The first-order valence-corrected chi connectivity index (χ1v) is 6.01.